The lowest BCUT2D eigenvalue weighted by Crippen LogP contribution is -2.59. The summed E-state index contributed by atoms with van der Waals surface area (Å²) in [5, 5.41) is 35.3. The Bertz CT molecular complexity index is 1120. The van der Waals surface area contributed by atoms with Gasteiger partial charge >= 0.3 is 5.97 Å². The zero-order chi connectivity index (χ0) is 37.5. The summed E-state index contributed by atoms with van der Waals surface area (Å²) in [6.45, 7) is 19.2. The molecule has 0 aliphatic carbocycles. The van der Waals surface area contributed by atoms with E-state index in [1.807, 2.05) is 67.5 Å². The molecule has 0 aromatic rings. The van der Waals surface area contributed by atoms with Crippen LogP contribution in [0.3, 0.4) is 0 Å². The molecule has 4 aliphatic rings. The molecule has 4 fully saturated rings. The molecule has 4 saturated heterocycles. The van der Waals surface area contributed by atoms with E-state index in [9.17, 15) is 20.1 Å². The van der Waals surface area contributed by atoms with Gasteiger partial charge in [0, 0.05) is 37.8 Å². The molecular weight excluding hydrogens is 646 g/mol. The van der Waals surface area contributed by atoms with E-state index in [4.69, 9.17) is 33.2 Å². The minimum atomic E-state index is -1.75. The number of hydrogen-bond donors (Lipinski definition) is 3. The van der Waals surface area contributed by atoms with Gasteiger partial charge in [0.15, 0.2) is 12.6 Å². The quantitative estimate of drug-likeness (QED) is 0.312. The highest BCUT2D eigenvalue weighted by atomic mass is 16.7. The third kappa shape index (κ3) is 8.71. The second kappa shape index (κ2) is 16.2. The molecule has 18 atom stereocenters. The minimum absolute atomic E-state index is 0.0266. The smallest absolute Gasteiger partial charge is 0.311 e. The molecule has 12 nitrogen and oxygen atoms in total. The molecule has 4 rings (SSSR count). The average Bonchev–Trinajstić information content (AvgIpc) is 3.35. The van der Waals surface area contributed by atoms with Crippen LogP contribution in [0.15, 0.2) is 0 Å². The van der Waals surface area contributed by atoms with E-state index in [0.717, 1.165) is 0 Å². The molecule has 0 amide bonds. The number of esters is 1. The molecule has 0 saturated carbocycles. The summed E-state index contributed by atoms with van der Waals surface area (Å²) in [6, 6.07) is -0.199. The Kier molecular flexibility index (Phi) is 13.6. The Morgan fingerprint density at radius 1 is 0.920 bits per heavy atom. The maximum absolute atomic E-state index is 14.2. The fourth-order valence-electron chi connectivity index (χ4n) is 9.37. The predicted molar refractivity (Wildman–Crippen MR) is 187 cm³/mol. The van der Waals surface area contributed by atoms with Crippen LogP contribution >= 0.6 is 0 Å². The highest BCUT2D eigenvalue weighted by Gasteiger charge is 2.57. The lowest BCUT2D eigenvalue weighted by Gasteiger charge is -2.48. The Hall–Kier alpha value is -0.930. The van der Waals surface area contributed by atoms with E-state index in [1.165, 1.54) is 0 Å². The Morgan fingerprint density at radius 2 is 1.58 bits per heavy atom. The minimum Gasteiger partial charge on any atom is -0.459 e. The molecular formula is C38H69NO11. The van der Waals surface area contributed by atoms with Crippen molar-refractivity contribution < 1.29 is 53.3 Å². The van der Waals surface area contributed by atoms with Crippen molar-refractivity contribution in [1.82, 2.24) is 4.90 Å². The molecule has 5 unspecified atom stereocenters. The average molecular weight is 716 g/mol. The highest BCUT2D eigenvalue weighted by Crippen LogP contribution is 2.48. The number of ether oxygens (including phenoxy) is 7. The van der Waals surface area contributed by atoms with Crippen LogP contribution in [-0.2, 0) is 38.0 Å². The number of fused-ring (bicyclic) bond motifs is 2. The fraction of sp³-hybridized carbons (Fsp3) is 0.974. The zero-order valence-corrected chi connectivity index (χ0v) is 33.0. The first-order valence-electron chi connectivity index (χ1n) is 19.0. The van der Waals surface area contributed by atoms with Gasteiger partial charge in [0.2, 0.25) is 0 Å². The van der Waals surface area contributed by atoms with Gasteiger partial charge in [-0.3, -0.25) is 4.79 Å². The van der Waals surface area contributed by atoms with Crippen LogP contribution in [0.5, 0.6) is 0 Å². The first-order chi connectivity index (χ1) is 23.2. The zero-order valence-electron chi connectivity index (χ0n) is 33.0. The van der Waals surface area contributed by atoms with Crippen molar-refractivity contribution in [2.24, 2.45) is 23.7 Å². The monoisotopic (exact) mass is 715 g/mol. The first kappa shape index (κ1) is 41.8. The van der Waals surface area contributed by atoms with Gasteiger partial charge in [-0.15, -0.1) is 0 Å². The lowest BCUT2D eigenvalue weighted by atomic mass is 9.76. The number of carbonyl (C=O) groups excluding carboxylic acids is 1. The topological polar surface area (TPSA) is 146 Å². The molecule has 50 heavy (non-hydrogen) atoms. The summed E-state index contributed by atoms with van der Waals surface area (Å²) in [5.74, 6) is -2.46. The Morgan fingerprint density at radius 3 is 2.18 bits per heavy atom. The third-order valence-electron chi connectivity index (χ3n) is 12.3. The van der Waals surface area contributed by atoms with Crippen molar-refractivity contribution in [3.63, 3.8) is 0 Å². The van der Waals surface area contributed by atoms with Gasteiger partial charge in [0.25, 0.3) is 0 Å². The van der Waals surface area contributed by atoms with Crippen molar-refractivity contribution >= 4 is 5.97 Å². The lowest BCUT2D eigenvalue weighted by molar-refractivity contribution is -0.311. The molecule has 0 radical (unpaired) electrons. The van der Waals surface area contributed by atoms with Crippen molar-refractivity contribution in [3.05, 3.63) is 0 Å². The summed E-state index contributed by atoms with van der Waals surface area (Å²) in [7, 11) is 5.55. The molecule has 3 N–H and O–H groups in total. The molecule has 0 spiro atoms. The summed E-state index contributed by atoms with van der Waals surface area (Å²) in [4.78, 5) is 16.2. The molecule has 4 heterocycles. The van der Waals surface area contributed by atoms with E-state index >= 15 is 0 Å². The number of methoxy groups -OCH3 is 1. The van der Waals surface area contributed by atoms with Crippen LogP contribution in [0.4, 0.5) is 0 Å². The SMILES string of the molecule is CCCC1OC(=O)[C@H](C)[C@@H](OC2C[C@@](C)(OC)C[C@H](C)O2)[C@H](C)[C@@H](OC2O[C@H](C)C[C@H](N(C)C)[C@H]2O)[C@@]2(C)CC(C)C(O2)[C@@H](C)[C@@H](O)[C@]1(C)O. The maximum Gasteiger partial charge on any atom is 0.311 e. The second-order valence-corrected chi connectivity index (χ2v) is 17.1. The number of rotatable bonds is 8. The van der Waals surface area contributed by atoms with Gasteiger partial charge in [-0.2, -0.15) is 0 Å². The van der Waals surface area contributed by atoms with E-state index in [-0.39, 0.29) is 24.2 Å². The van der Waals surface area contributed by atoms with Crippen LogP contribution in [-0.4, -0.2) is 132 Å². The molecule has 292 valence electrons. The maximum atomic E-state index is 14.2. The molecule has 0 aromatic heterocycles. The van der Waals surface area contributed by atoms with Gasteiger partial charge in [0.1, 0.15) is 17.8 Å². The standard InChI is InChI=1S/C38H69NO11/c1-14-15-27-38(10,43)32(41)23(5)30-20(2)17-37(9,50-30)33(49-35-29(40)26(39(11)12)16-21(3)46-35)24(6)31(25(7)34(42)47-27)48-28-19-36(8,44-13)18-22(4)45-28/h20-33,35,40-41,43H,14-19H2,1-13H3/t20?,21-,22+,23-,24+,25-,26+,27?,28?,29-,30?,31+,32-,33-,35?,36+,37-,38-/m1/s1. The number of carbonyl (C=O) groups is 1. The van der Waals surface area contributed by atoms with E-state index in [0.29, 0.717) is 38.5 Å². The van der Waals surface area contributed by atoms with Gasteiger partial charge in [-0.1, -0.05) is 34.1 Å². The van der Waals surface area contributed by atoms with Gasteiger partial charge < -0.3 is 53.4 Å². The third-order valence-corrected chi connectivity index (χ3v) is 12.3. The van der Waals surface area contributed by atoms with Gasteiger partial charge in [0.05, 0.1) is 53.7 Å². The van der Waals surface area contributed by atoms with E-state index in [1.54, 1.807) is 21.0 Å². The fourth-order valence-corrected chi connectivity index (χ4v) is 9.37. The number of aliphatic hydroxyl groups is 3. The molecule has 0 aromatic carbocycles. The summed E-state index contributed by atoms with van der Waals surface area (Å²) < 4.78 is 45.5. The van der Waals surface area contributed by atoms with Crippen LogP contribution in [0, 0.1) is 23.7 Å². The van der Waals surface area contributed by atoms with Crippen LogP contribution in [0.25, 0.3) is 0 Å². The van der Waals surface area contributed by atoms with Crippen molar-refractivity contribution in [2.75, 3.05) is 21.2 Å². The van der Waals surface area contributed by atoms with Crippen molar-refractivity contribution in [3.8, 4) is 0 Å². The normalized spacial score (nSPS) is 51.1. The largest absolute Gasteiger partial charge is 0.459 e. The van der Waals surface area contributed by atoms with Crippen molar-refractivity contribution in [1.29, 1.82) is 0 Å². The summed E-state index contributed by atoms with van der Waals surface area (Å²) >= 11 is 0. The van der Waals surface area contributed by atoms with Gasteiger partial charge in [-0.05, 0) is 80.8 Å². The number of cyclic esters (lactones) is 1. The number of aliphatic hydroxyl groups excluding tert-OH is 2. The summed E-state index contributed by atoms with van der Waals surface area (Å²) in [6.07, 6.45) is -3.86. The number of likely N-dealkylation sites (N-methyl/N-ethyl adjacent to an activating group) is 1. The number of nitrogens with zero attached hydrogens (tertiary/aromatic N) is 1. The molecule has 4 aliphatic heterocycles. The number of hydrogen-bond acceptors (Lipinski definition) is 12. The van der Waals surface area contributed by atoms with E-state index in [2.05, 4.69) is 6.92 Å². The van der Waals surface area contributed by atoms with Crippen LogP contribution in [0.1, 0.15) is 108 Å². The molecule has 2 bridgehead atoms. The predicted octanol–water partition coefficient (Wildman–Crippen LogP) is 4.04. The van der Waals surface area contributed by atoms with Crippen molar-refractivity contribution in [2.45, 2.75) is 192 Å². The second-order valence-electron chi connectivity index (χ2n) is 17.1. The highest BCUT2D eigenvalue weighted by molar-refractivity contribution is 5.73. The molecule has 12 heteroatoms. The van der Waals surface area contributed by atoms with Crippen LogP contribution in [0.2, 0.25) is 0 Å². The Labute approximate surface area is 300 Å². The van der Waals surface area contributed by atoms with E-state index < -0.39 is 89.7 Å². The summed E-state index contributed by atoms with van der Waals surface area (Å²) in [5.41, 5.74) is -3.20. The Balaban J connectivity index is 1.83. The first-order valence-corrected chi connectivity index (χ1v) is 19.0. The van der Waals surface area contributed by atoms with Crippen LogP contribution < -0.4 is 0 Å². The van der Waals surface area contributed by atoms with Gasteiger partial charge in [-0.25, -0.2) is 0 Å².